The SMILES string of the molecule is C1=Cc2ccccc2OC1.[Ni].[Si]. The van der Waals surface area contributed by atoms with Crippen molar-refractivity contribution in [3.63, 3.8) is 0 Å². The van der Waals surface area contributed by atoms with Gasteiger partial charge in [0.25, 0.3) is 0 Å². The van der Waals surface area contributed by atoms with Gasteiger partial charge in [0.15, 0.2) is 0 Å². The van der Waals surface area contributed by atoms with E-state index in [1.54, 1.807) is 0 Å². The second-order valence-corrected chi connectivity index (χ2v) is 2.25. The largest absolute Gasteiger partial charge is 0.489 e. The molecule has 1 aromatic rings. The van der Waals surface area contributed by atoms with Gasteiger partial charge in [-0.25, -0.2) is 0 Å². The Morgan fingerprint density at radius 2 is 1.92 bits per heavy atom. The quantitative estimate of drug-likeness (QED) is 0.603. The average Bonchev–Trinajstić information content (AvgIpc) is 2.05. The van der Waals surface area contributed by atoms with Crippen molar-refractivity contribution in [2.24, 2.45) is 0 Å². The van der Waals surface area contributed by atoms with Crippen LogP contribution < -0.4 is 4.74 Å². The summed E-state index contributed by atoms with van der Waals surface area (Å²) in [5.41, 5.74) is 1.17. The molecule has 64 valence electrons. The molecule has 2 rings (SSSR count). The zero-order valence-electron chi connectivity index (χ0n) is 6.40. The van der Waals surface area contributed by atoms with Gasteiger partial charge in [-0.05, 0) is 12.1 Å². The first kappa shape index (κ1) is 11.5. The van der Waals surface area contributed by atoms with Gasteiger partial charge in [-0.1, -0.05) is 24.3 Å². The summed E-state index contributed by atoms with van der Waals surface area (Å²) < 4.78 is 5.34. The molecule has 1 aromatic carbocycles. The Balaban J connectivity index is 0.000000605. The maximum Gasteiger partial charge on any atom is 0.126 e. The fourth-order valence-corrected chi connectivity index (χ4v) is 1.06. The average molecular weight is 219 g/mol. The van der Waals surface area contributed by atoms with Gasteiger partial charge >= 0.3 is 0 Å². The molecule has 0 aliphatic carbocycles. The smallest absolute Gasteiger partial charge is 0.126 e. The molecule has 0 amide bonds. The van der Waals surface area contributed by atoms with Crippen LogP contribution in [0.25, 0.3) is 6.08 Å². The van der Waals surface area contributed by atoms with Gasteiger partial charge in [0.05, 0.1) is 0 Å². The minimum absolute atomic E-state index is 0. The number of benzene rings is 1. The molecule has 0 aromatic heterocycles. The summed E-state index contributed by atoms with van der Waals surface area (Å²) in [6.07, 6.45) is 4.10. The normalized spacial score (nSPS) is 11.7. The molecule has 3 heteroatoms. The van der Waals surface area contributed by atoms with Gasteiger partial charge in [-0.15, -0.1) is 0 Å². The number of hydrogen-bond acceptors (Lipinski definition) is 1. The van der Waals surface area contributed by atoms with Crippen molar-refractivity contribution in [3.05, 3.63) is 35.9 Å². The molecular formula is C9H8NiOSi. The molecule has 0 saturated heterocycles. The van der Waals surface area contributed by atoms with Gasteiger partial charge in [0, 0.05) is 33.0 Å². The van der Waals surface area contributed by atoms with E-state index in [0.29, 0.717) is 6.61 Å². The van der Waals surface area contributed by atoms with E-state index in [9.17, 15) is 0 Å². The van der Waals surface area contributed by atoms with E-state index >= 15 is 0 Å². The van der Waals surface area contributed by atoms with Crippen LogP contribution in [0, 0.1) is 0 Å². The number of para-hydroxylation sites is 1. The minimum atomic E-state index is 0. The summed E-state index contributed by atoms with van der Waals surface area (Å²) in [6, 6.07) is 8.03. The third kappa shape index (κ3) is 2.23. The number of rotatable bonds is 0. The summed E-state index contributed by atoms with van der Waals surface area (Å²) in [7, 11) is 0. The van der Waals surface area contributed by atoms with Crippen LogP contribution in [0.4, 0.5) is 0 Å². The molecule has 4 radical (unpaired) electrons. The zero-order valence-corrected chi connectivity index (χ0v) is 8.38. The fourth-order valence-electron chi connectivity index (χ4n) is 1.06. The molecule has 0 bridgehead atoms. The van der Waals surface area contributed by atoms with E-state index in [1.807, 2.05) is 30.3 Å². The van der Waals surface area contributed by atoms with E-state index in [1.165, 1.54) is 5.56 Å². The van der Waals surface area contributed by atoms with Crippen molar-refractivity contribution in [2.45, 2.75) is 0 Å². The third-order valence-corrected chi connectivity index (χ3v) is 1.55. The van der Waals surface area contributed by atoms with Gasteiger partial charge in [-0.3, -0.25) is 0 Å². The summed E-state index contributed by atoms with van der Waals surface area (Å²) in [4.78, 5) is 0. The van der Waals surface area contributed by atoms with Crippen LogP contribution in [0.5, 0.6) is 5.75 Å². The standard InChI is InChI=1S/C9H8O.Ni.Si/c1-2-6-9-8(4-1)5-3-7-10-9;;/h1-6H,7H2;;. The molecule has 1 heterocycles. The van der Waals surface area contributed by atoms with Crippen molar-refractivity contribution in [3.8, 4) is 5.75 Å². The van der Waals surface area contributed by atoms with E-state index in [4.69, 9.17) is 4.74 Å². The van der Waals surface area contributed by atoms with Crippen LogP contribution in [-0.2, 0) is 16.5 Å². The monoisotopic (exact) mass is 218 g/mol. The van der Waals surface area contributed by atoms with Crippen LogP contribution >= 0.6 is 0 Å². The van der Waals surface area contributed by atoms with E-state index in [2.05, 4.69) is 6.08 Å². The van der Waals surface area contributed by atoms with Crippen molar-refractivity contribution >= 4 is 17.0 Å². The van der Waals surface area contributed by atoms with E-state index in [0.717, 1.165) is 5.75 Å². The number of hydrogen-bond donors (Lipinski definition) is 0. The Labute approximate surface area is 86.8 Å². The minimum Gasteiger partial charge on any atom is -0.489 e. The Bertz CT molecular complexity index is 273. The van der Waals surface area contributed by atoms with Crippen LogP contribution in [0.15, 0.2) is 30.3 Å². The van der Waals surface area contributed by atoms with Crippen LogP contribution in [0.1, 0.15) is 5.56 Å². The summed E-state index contributed by atoms with van der Waals surface area (Å²) in [5.74, 6) is 0.991. The van der Waals surface area contributed by atoms with Crippen molar-refractivity contribution in [1.29, 1.82) is 0 Å². The first-order valence-corrected chi connectivity index (χ1v) is 3.35. The van der Waals surface area contributed by atoms with E-state index < -0.39 is 0 Å². The van der Waals surface area contributed by atoms with Crippen LogP contribution in [0.2, 0.25) is 0 Å². The second-order valence-electron chi connectivity index (χ2n) is 2.25. The molecule has 1 aliphatic heterocycles. The van der Waals surface area contributed by atoms with Gasteiger partial charge in [-0.2, -0.15) is 0 Å². The Hall–Kier alpha value is -0.530. The van der Waals surface area contributed by atoms with Crippen LogP contribution in [0.3, 0.4) is 0 Å². The molecule has 0 saturated carbocycles. The molecule has 0 atom stereocenters. The topological polar surface area (TPSA) is 9.23 Å². The van der Waals surface area contributed by atoms with Crippen LogP contribution in [-0.4, -0.2) is 17.6 Å². The molecule has 1 nitrogen and oxygen atoms in total. The summed E-state index contributed by atoms with van der Waals surface area (Å²) >= 11 is 0. The maximum atomic E-state index is 5.34. The molecule has 0 N–H and O–H groups in total. The summed E-state index contributed by atoms with van der Waals surface area (Å²) in [6.45, 7) is 0.705. The molecule has 1 aliphatic rings. The Morgan fingerprint density at radius 1 is 1.17 bits per heavy atom. The summed E-state index contributed by atoms with van der Waals surface area (Å²) in [5, 5.41) is 0. The Morgan fingerprint density at radius 3 is 2.67 bits per heavy atom. The predicted molar refractivity (Wildman–Crippen MR) is 46.7 cm³/mol. The molecule has 0 spiro atoms. The van der Waals surface area contributed by atoms with Gasteiger partial charge in [0.2, 0.25) is 0 Å². The first-order chi connectivity index (χ1) is 4.97. The third-order valence-electron chi connectivity index (χ3n) is 1.55. The zero-order chi connectivity index (χ0) is 6.81. The molecule has 0 unspecified atom stereocenters. The number of fused-ring (bicyclic) bond motifs is 1. The predicted octanol–water partition coefficient (Wildman–Crippen LogP) is 1.71. The molecule has 0 fully saturated rings. The van der Waals surface area contributed by atoms with Gasteiger partial charge < -0.3 is 4.74 Å². The Kier molecular flexibility index (Phi) is 4.95. The van der Waals surface area contributed by atoms with Gasteiger partial charge in [0.1, 0.15) is 12.4 Å². The van der Waals surface area contributed by atoms with E-state index in [-0.39, 0.29) is 27.5 Å². The molecule has 12 heavy (non-hydrogen) atoms. The maximum absolute atomic E-state index is 5.34. The van der Waals surface area contributed by atoms with Crippen molar-refractivity contribution in [1.82, 2.24) is 0 Å². The first-order valence-electron chi connectivity index (χ1n) is 3.35. The van der Waals surface area contributed by atoms with Crippen molar-refractivity contribution < 1.29 is 21.2 Å². The molecular weight excluding hydrogens is 211 g/mol. The fraction of sp³-hybridized carbons (Fsp3) is 0.111. The second kappa shape index (κ2) is 5.18. The number of ether oxygens (including phenoxy) is 1. The van der Waals surface area contributed by atoms with Crippen molar-refractivity contribution in [2.75, 3.05) is 6.61 Å².